The van der Waals surface area contributed by atoms with E-state index in [1.54, 1.807) is 6.92 Å². The average molecular weight is 246 g/mol. The lowest BCUT2D eigenvalue weighted by Gasteiger charge is -2.33. The van der Waals surface area contributed by atoms with Crippen molar-refractivity contribution in [3.63, 3.8) is 0 Å². The van der Waals surface area contributed by atoms with Gasteiger partial charge in [-0.1, -0.05) is 29.8 Å². The van der Waals surface area contributed by atoms with E-state index in [9.17, 15) is 4.79 Å². The fourth-order valence-electron chi connectivity index (χ4n) is 2.56. The number of nitrogens with zero attached hydrogens (tertiary/aromatic N) is 1. The molecule has 1 aliphatic rings. The normalized spacial score (nSPS) is 20.7. The molecule has 1 atom stereocenters. The third-order valence-electron chi connectivity index (χ3n) is 3.44. The number of hydrogen-bond donors (Lipinski definition) is 1. The zero-order chi connectivity index (χ0) is 13.0. The number of carbonyl (C=O) groups is 1. The zero-order valence-corrected chi connectivity index (χ0v) is 11.3. The molecule has 0 aromatic heterocycles. The second-order valence-electron chi connectivity index (χ2n) is 5.26. The van der Waals surface area contributed by atoms with Gasteiger partial charge in [0.25, 0.3) is 0 Å². The lowest BCUT2D eigenvalue weighted by Crippen LogP contribution is -2.46. The van der Waals surface area contributed by atoms with Crippen LogP contribution in [-0.4, -0.2) is 29.9 Å². The molecule has 0 spiro atoms. The van der Waals surface area contributed by atoms with Crippen molar-refractivity contribution in [2.75, 3.05) is 13.1 Å². The van der Waals surface area contributed by atoms with E-state index >= 15 is 0 Å². The molecule has 1 N–H and O–H groups in total. The monoisotopic (exact) mass is 246 g/mol. The Balaban J connectivity index is 1.89. The predicted molar refractivity (Wildman–Crippen MR) is 73.3 cm³/mol. The summed E-state index contributed by atoms with van der Waals surface area (Å²) in [7, 11) is 0. The quantitative estimate of drug-likeness (QED) is 0.885. The molecule has 1 amide bonds. The summed E-state index contributed by atoms with van der Waals surface area (Å²) >= 11 is 0. The molecular weight excluding hydrogens is 224 g/mol. The first kappa shape index (κ1) is 13.1. The molecule has 1 aromatic carbocycles. The van der Waals surface area contributed by atoms with Gasteiger partial charge in [0.15, 0.2) is 0 Å². The molecule has 1 fully saturated rings. The molecule has 0 aliphatic carbocycles. The maximum Gasteiger partial charge on any atom is 0.217 e. The van der Waals surface area contributed by atoms with Crippen LogP contribution in [0.2, 0.25) is 0 Å². The minimum atomic E-state index is 0.0807. The molecule has 3 heteroatoms. The van der Waals surface area contributed by atoms with Gasteiger partial charge in [-0.15, -0.1) is 0 Å². The van der Waals surface area contributed by atoms with Gasteiger partial charge in [0.1, 0.15) is 0 Å². The summed E-state index contributed by atoms with van der Waals surface area (Å²) in [5, 5.41) is 3.03. The smallest absolute Gasteiger partial charge is 0.217 e. The van der Waals surface area contributed by atoms with Crippen LogP contribution in [0.4, 0.5) is 0 Å². The number of hydrogen-bond acceptors (Lipinski definition) is 2. The van der Waals surface area contributed by atoms with Crippen LogP contribution in [0.25, 0.3) is 0 Å². The number of amides is 1. The first-order chi connectivity index (χ1) is 8.63. The molecular formula is C15H22N2O. The topological polar surface area (TPSA) is 32.3 Å². The zero-order valence-electron chi connectivity index (χ0n) is 11.3. The van der Waals surface area contributed by atoms with E-state index in [0.717, 1.165) is 32.5 Å². The van der Waals surface area contributed by atoms with Gasteiger partial charge in [0.2, 0.25) is 5.91 Å². The number of aryl methyl sites for hydroxylation is 1. The van der Waals surface area contributed by atoms with Crippen LogP contribution in [0.3, 0.4) is 0 Å². The second kappa shape index (κ2) is 6.01. The van der Waals surface area contributed by atoms with Crippen molar-refractivity contribution in [1.82, 2.24) is 10.2 Å². The minimum absolute atomic E-state index is 0.0807. The first-order valence-electron chi connectivity index (χ1n) is 6.68. The summed E-state index contributed by atoms with van der Waals surface area (Å²) < 4.78 is 0. The molecule has 1 aliphatic heterocycles. The SMILES string of the molecule is CC(=O)NC1CCCN(Cc2ccc(C)cc2)C1. The van der Waals surface area contributed by atoms with Gasteiger partial charge in [-0.2, -0.15) is 0 Å². The van der Waals surface area contributed by atoms with Gasteiger partial charge in [-0.05, 0) is 31.9 Å². The number of nitrogens with one attached hydrogen (secondary N) is 1. The van der Waals surface area contributed by atoms with E-state index in [0.29, 0.717) is 6.04 Å². The maximum atomic E-state index is 11.1. The summed E-state index contributed by atoms with van der Waals surface area (Å²) in [6.45, 7) is 6.78. The molecule has 0 bridgehead atoms. The Morgan fingerprint density at radius 3 is 2.78 bits per heavy atom. The van der Waals surface area contributed by atoms with Gasteiger partial charge < -0.3 is 5.32 Å². The van der Waals surface area contributed by atoms with Crippen molar-refractivity contribution in [2.45, 2.75) is 39.3 Å². The molecule has 0 radical (unpaired) electrons. The Labute approximate surface area is 109 Å². The number of rotatable bonds is 3. The summed E-state index contributed by atoms with van der Waals surface area (Å²) in [4.78, 5) is 13.5. The number of benzene rings is 1. The fraction of sp³-hybridized carbons (Fsp3) is 0.533. The Bertz CT molecular complexity index is 399. The van der Waals surface area contributed by atoms with Crippen molar-refractivity contribution in [1.29, 1.82) is 0 Å². The summed E-state index contributed by atoms with van der Waals surface area (Å²) in [5.41, 5.74) is 2.65. The number of likely N-dealkylation sites (tertiary alicyclic amines) is 1. The summed E-state index contributed by atoms with van der Waals surface area (Å²) in [6, 6.07) is 9.02. The van der Waals surface area contributed by atoms with Crippen LogP contribution in [0, 0.1) is 6.92 Å². The third kappa shape index (κ3) is 3.84. The second-order valence-corrected chi connectivity index (χ2v) is 5.26. The van der Waals surface area contributed by atoms with E-state index in [1.807, 2.05) is 0 Å². The van der Waals surface area contributed by atoms with Crippen LogP contribution < -0.4 is 5.32 Å². The van der Waals surface area contributed by atoms with Crippen LogP contribution in [-0.2, 0) is 11.3 Å². The van der Waals surface area contributed by atoms with E-state index in [2.05, 4.69) is 41.4 Å². The molecule has 3 nitrogen and oxygen atoms in total. The van der Waals surface area contributed by atoms with Crippen LogP contribution in [0.1, 0.15) is 30.9 Å². The average Bonchev–Trinajstić information content (AvgIpc) is 2.32. The van der Waals surface area contributed by atoms with Crippen LogP contribution in [0.15, 0.2) is 24.3 Å². The molecule has 1 aromatic rings. The van der Waals surface area contributed by atoms with Crippen LogP contribution >= 0.6 is 0 Å². The highest BCUT2D eigenvalue weighted by Crippen LogP contribution is 2.14. The maximum absolute atomic E-state index is 11.1. The molecule has 1 saturated heterocycles. The molecule has 0 saturated carbocycles. The number of piperidine rings is 1. The minimum Gasteiger partial charge on any atom is -0.352 e. The Morgan fingerprint density at radius 2 is 2.11 bits per heavy atom. The van der Waals surface area contributed by atoms with Crippen molar-refractivity contribution in [3.05, 3.63) is 35.4 Å². The lowest BCUT2D eigenvalue weighted by atomic mass is 10.0. The van der Waals surface area contributed by atoms with E-state index in [4.69, 9.17) is 0 Å². The third-order valence-corrected chi connectivity index (χ3v) is 3.44. The van der Waals surface area contributed by atoms with Gasteiger partial charge in [0, 0.05) is 26.1 Å². The molecule has 1 unspecified atom stereocenters. The van der Waals surface area contributed by atoms with Crippen molar-refractivity contribution in [2.24, 2.45) is 0 Å². The van der Waals surface area contributed by atoms with E-state index in [-0.39, 0.29) is 5.91 Å². The van der Waals surface area contributed by atoms with Gasteiger partial charge in [-0.25, -0.2) is 0 Å². The largest absolute Gasteiger partial charge is 0.352 e. The van der Waals surface area contributed by atoms with Crippen molar-refractivity contribution < 1.29 is 4.79 Å². The van der Waals surface area contributed by atoms with Crippen molar-refractivity contribution in [3.8, 4) is 0 Å². The highest BCUT2D eigenvalue weighted by atomic mass is 16.1. The highest BCUT2D eigenvalue weighted by Gasteiger charge is 2.20. The molecule has 1 heterocycles. The lowest BCUT2D eigenvalue weighted by molar-refractivity contribution is -0.120. The van der Waals surface area contributed by atoms with Crippen molar-refractivity contribution >= 4 is 5.91 Å². The molecule has 98 valence electrons. The van der Waals surface area contributed by atoms with Gasteiger partial charge in [0.05, 0.1) is 0 Å². The summed E-state index contributed by atoms with van der Waals surface area (Å²) in [5.74, 6) is 0.0807. The molecule has 18 heavy (non-hydrogen) atoms. The standard InChI is InChI=1S/C15H22N2O/c1-12-5-7-14(8-6-12)10-17-9-3-4-15(11-17)16-13(2)18/h5-8,15H,3-4,9-11H2,1-2H3,(H,16,18). The van der Waals surface area contributed by atoms with E-state index in [1.165, 1.54) is 11.1 Å². The highest BCUT2D eigenvalue weighted by molar-refractivity contribution is 5.73. The fourth-order valence-corrected chi connectivity index (χ4v) is 2.56. The van der Waals surface area contributed by atoms with Gasteiger partial charge >= 0.3 is 0 Å². The predicted octanol–water partition coefficient (Wildman–Crippen LogP) is 2.10. The Morgan fingerprint density at radius 1 is 1.39 bits per heavy atom. The van der Waals surface area contributed by atoms with E-state index < -0.39 is 0 Å². The van der Waals surface area contributed by atoms with Gasteiger partial charge in [-0.3, -0.25) is 9.69 Å². The Kier molecular flexibility index (Phi) is 4.37. The summed E-state index contributed by atoms with van der Waals surface area (Å²) in [6.07, 6.45) is 2.26. The number of carbonyl (C=O) groups excluding carboxylic acids is 1. The Hall–Kier alpha value is -1.35. The van der Waals surface area contributed by atoms with Crippen LogP contribution in [0.5, 0.6) is 0 Å². The first-order valence-corrected chi connectivity index (χ1v) is 6.68. The molecule has 2 rings (SSSR count).